The topological polar surface area (TPSA) is 50.6 Å². The highest BCUT2D eigenvalue weighted by Crippen LogP contribution is 2.29. The number of hydrogen-bond acceptors (Lipinski definition) is 4. The zero-order chi connectivity index (χ0) is 19.5. The standard InChI is InChI=1S/C22H26N4O2/c1-24-10-4-11-25(14-13-24)20(27)16-26-12-8-17-7-9-23-21(22(17)26)18-5-3-6-19(15-18)28-2/h3,5-9,12,15H,4,10-11,13-14,16H2,1-2H3. The molecule has 1 amide bonds. The molecular weight excluding hydrogens is 352 g/mol. The number of amides is 1. The predicted octanol–water partition coefficient (Wildman–Crippen LogP) is 2.88. The van der Waals surface area contributed by atoms with Gasteiger partial charge in [0.25, 0.3) is 0 Å². The number of ether oxygens (including phenoxy) is 1. The molecule has 1 aliphatic heterocycles. The Morgan fingerprint density at radius 3 is 2.89 bits per heavy atom. The second kappa shape index (κ2) is 8.02. The first-order valence-electron chi connectivity index (χ1n) is 9.70. The molecule has 0 unspecified atom stereocenters. The Morgan fingerprint density at radius 1 is 1.14 bits per heavy atom. The van der Waals surface area contributed by atoms with Crippen LogP contribution in [0.1, 0.15) is 6.42 Å². The van der Waals surface area contributed by atoms with Gasteiger partial charge in [0.05, 0.1) is 18.3 Å². The first kappa shape index (κ1) is 18.5. The highest BCUT2D eigenvalue weighted by atomic mass is 16.5. The van der Waals surface area contributed by atoms with Crippen LogP contribution in [0.25, 0.3) is 22.2 Å². The number of nitrogens with zero attached hydrogens (tertiary/aromatic N) is 4. The van der Waals surface area contributed by atoms with E-state index in [-0.39, 0.29) is 5.91 Å². The van der Waals surface area contributed by atoms with E-state index in [1.54, 1.807) is 7.11 Å². The molecule has 6 heteroatoms. The normalized spacial score (nSPS) is 15.6. The van der Waals surface area contributed by atoms with Crippen LogP contribution in [0.15, 0.2) is 48.8 Å². The maximum Gasteiger partial charge on any atom is 0.242 e. The van der Waals surface area contributed by atoms with E-state index in [4.69, 9.17) is 4.74 Å². The van der Waals surface area contributed by atoms with Crippen molar-refractivity contribution >= 4 is 16.8 Å². The average molecular weight is 378 g/mol. The van der Waals surface area contributed by atoms with Gasteiger partial charge in [-0.05, 0) is 44.3 Å². The van der Waals surface area contributed by atoms with E-state index in [9.17, 15) is 4.79 Å². The minimum absolute atomic E-state index is 0.160. The molecule has 146 valence electrons. The second-order valence-electron chi connectivity index (χ2n) is 7.31. The van der Waals surface area contributed by atoms with Gasteiger partial charge in [-0.1, -0.05) is 12.1 Å². The van der Waals surface area contributed by atoms with Crippen molar-refractivity contribution in [3.8, 4) is 17.0 Å². The van der Waals surface area contributed by atoms with E-state index in [0.717, 1.165) is 60.5 Å². The Labute approximate surface area is 165 Å². The largest absolute Gasteiger partial charge is 0.497 e. The zero-order valence-corrected chi connectivity index (χ0v) is 16.5. The van der Waals surface area contributed by atoms with Crippen LogP contribution in [-0.2, 0) is 11.3 Å². The summed E-state index contributed by atoms with van der Waals surface area (Å²) >= 11 is 0. The Hall–Kier alpha value is -2.86. The lowest BCUT2D eigenvalue weighted by atomic mass is 10.1. The van der Waals surface area contributed by atoms with Crippen LogP contribution in [0.2, 0.25) is 0 Å². The lowest BCUT2D eigenvalue weighted by molar-refractivity contribution is -0.131. The van der Waals surface area contributed by atoms with E-state index >= 15 is 0 Å². The maximum absolute atomic E-state index is 13.0. The predicted molar refractivity (Wildman–Crippen MR) is 110 cm³/mol. The third kappa shape index (κ3) is 3.73. The number of likely N-dealkylation sites (N-methyl/N-ethyl adjacent to an activating group) is 1. The van der Waals surface area contributed by atoms with Crippen molar-refractivity contribution < 1.29 is 9.53 Å². The molecule has 6 nitrogen and oxygen atoms in total. The molecule has 3 aromatic rings. The highest BCUT2D eigenvalue weighted by molar-refractivity contribution is 5.93. The molecule has 3 heterocycles. The fourth-order valence-electron chi connectivity index (χ4n) is 3.81. The Balaban J connectivity index is 1.65. The van der Waals surface area contributed by atoms with Crippen LogP contribution in [0.5, 0.6) is 5.75 Å². The summed E-state index contributed by atoms with van der Waals surface area (Å²) in [5.74, 6) is 0.951. The minimum atomic E-state index is 0.160. The lowest BCUT2D eigenvalue weighted by Crippen LogP contribution is -2.36. The molecule has 4 rings (SSSR count). The van der Waals surface area contributed by atoms with Crippen LogP contribution in [0, 0.1) is 0 Å². The minimum Gasteiger partial charge on any atom is -0.497 e. The molecule has 1 fully saturated rings. The van der Waals surface area contributed by atoms with Gasteiger partial charge < -0.3 is 19.1 Å². The zero-order valence-electron chi connectivity index (χ0n) is 16.5. The van der Waals surface area contributed by atoms with Gasteiger partial charge >= 0.3 is 0 Å². The van der Waals surface area contributed by atoms with Crippen LogP contribution in [-0.4, -0.2) is 65.6 Å². The summed E-state index contributed by atoms with van der Waals surface area (Å²) in [6.45, 7) is 3.91. The Morgan fingerprint density at radius 2 is 2.04 bits per heavy atom. The monoisotopic (exact) mass is 378 g/mol. The van der Waals surface area contributed by atoms with Crippen LogP contribution in [0.3, 0.4) is 0 Å². The molecule has 0 atom stereocenters. The molecule has 0 bridgehead atoms. The first-order chi connectivity index (χ1) is 13.7. The van der Waals surface area contributed by atoms with E-state index in [0.29, 0.717) is 6.54 Å². The van der Waals surface area contributed by atoms with Gasteiger partial charge in [0, 0.05) is 43.0 Å². The van der Waals surface area contributed by atoms with E-state index in [1.165, 1.54) is 0 Å². The summed E-state index contributed by atoms with van der Waals surface area (Å²) in [6, 6.07) is 11.9. The second-order valence-corrected chi connectivity index (χ2v) is 7.31. The molecule has 0 N–H and O–H groups in total. The summed E-state index contributed by atoms with van der Waals surface area (Å²) in [4.78, 5) is 21.8. The molecule has 0 saturated carbocycles. The summed E-state index contributed by atoms with van der Waals surface area (Å²) in [5, 5.41) is 1.08. The number of pyridine rings is 1. The van der Waals surface area contributed by atoms with Crippen molar-refractivity contribution in [1.29, 1.82) is 0 Å². The van der Waals surface area contributed by atoms with Crippen molar-refractivity contribution in [1.82, 2.24) is 19.4 Å². The fourth-order valence-corrected chi connectivity index (χ4v) is 3.81. The summed E-state index contributed by atoms with van der Waals surface area (Å²) in [7, 11) is 3.77. The molecule has 1 saturated heterocycles. The molecule has 0 radical (unpaired) electrons. The molecule has 0 aliphatic carbocycles. The summed E-state index contributed by atoms with van der Waals surface area (Å²) < 4.78 is 7.39. The van der Waals surface area contributed by atoms with Crippen molar-refractivity contribution in [2.24, 2.45) is 0 Å². The van der Waals surface area contributed by atoms with Gasteiger partial charge in [0.15, 0.2) is 0 Å². The molecule has 1 aromatic carbocycles. The third-order valence-electron chi connectivity index (χ3n) is 5.40. The molecule has 2 aromatic heterocycles. The number of aromatic nitrogens is 2. The number of hydrogen-bond donors (Lipinski definition) is 0. The van der Waals surface area contributed by atoms with Gasteiger partial charge in [-0.2, -0.15) is 0 Å². The number of rotatable bonds is 4. The Kier molecular flexibility index (Phi) is 5.30. The molecular formula is C22H26N4O2. The van der Waals surface area contributed by atoms with Gasteiger partial charge in [-0.3, -0.25) is 9.78 Å². The van der Waals surface area contributed by atoms with Crippen LogP contribution < -0.4 is 4.74 Å². The van der Waals surface area contributed by atoms with Gasteiger partial charge in [0.1, 0.15) is 12.3 Å². The molecule has 1 aliphatic rings. The quantitative estimate of drug-likeness (QED) is 0.701. The number of fused-ring (bicyclic) bond motifs is 1. The van der Waals surface area contributed by atoms with Gasteiger partial charge in [0.2, 0.25) is 5.91 Å². The SMILES string of the molecule is COc1cccc(-c2nccc3ccn(CC(=O)N4CCCN(C)CC4)c23)c1. The van der Waals surface area contributed by atoms with Gasteiger partial charge in [-0.15, -0.1) is 0 Å². The maximum atomic E-state index is 13.0. The van der Waals surface area contributed by atoms with Crippen molar-refractivity contribution in [3.05, 3.63) is 48.8 Å². The number of carbonyl (C=O) groups is 1. The molecule has 28 heavy (non-hydrogen) atoms. The third-order valence-corrected chi connectivity index (χ3v) is 5.40. The van der Waals surface area contributed by atoms with E-state index < -0.39 is 0 Å². The van der Waals surface area contributed by atoms with Crippen molar-refractivity contribution in [2.45, 2.75) is 13.0 Å². The van der Waals surface area contributed by atoms with Gasteiger partial charge in [-0.25, -0.2) is 0 Å². The number of methoxy groups -OCH3 is 1. The van der Waals surface area contributed by atoms with Crippen LogP contribution >= 0.6 is 0 Å². The smallest absolute Gasteiger partial charge is 0.242 e. The Bertz CT molecular complexity index is 982. The first-order valence-corrected chi connectivity index (χ1v) is 9.70. The van der Waals surface area contributed by atoms with E-state index in [1.807, 2.05) is 58.3 Å². The highest BCUT2D eigenvalue weighted by Gasteiger charge is 2.19. The van der Waals surface area contributed by atoms with E-state index in [2.05, 4.69) is 16.9 Å². The number of benzene rings is 1. The summed E-state index contributed by atoms with van der Waals surface area (Å²) in [6.07, 6.45) is 4.82. The molecule has 0 spiro atoms. The average Bonchev–Trinajstić information content (AvgIpc) is 3.00. The summed E-state index contributed by atoms with van der Waals surface area (Å²) in [5.41, 5.74) is 2.83. The fraction of sp³-hybridized carbons (Fsp3) is 0.364. The van der Waals surface area contributed by atoms with Crippen molar-refractivity contribution in [3.63, 3.8) is 0 Å². The number of carbonyl (C=O) groups excluding carboxylic acids is 1. The lowest BCUT2D eigenvalue weighted by Gasteiger charge is -2.21. The van der Waals surface area contributed by atoms with Crippen LogP contribution in [0.4, 0.5) is 0 Å². The van der Waals surface area contributed by atoms with Crippen molar-refractivity contribution in [2.75, 3.05) is 40.3 Å².